The Labute approximate surface area is 82.7 Å². The molecule has 3 heteroatoms. The van der Waals surface area contributed by atoms with Gasteiger partial charge in [-0.05, 0) is 37.5 Å². The van der Waals surface area contributed by atoms with Gasteiger partial charge in [0.2, 0.25) is 0 Å². The van der Waals surface area contributed by atoms with Gasteiger partial charge < -0.3 is 5.73 Å². The van der Waals surface area contributed by atoms with Gasteiger partial charge in [0.25, 0.3) is 0 Å². The van der Waals surface area contributed by atoms with E-state index in [9.17, 15) is 4.39 Å². The average molecular weight is 202 g/mol. The normalized spacial score (nSPS) is 12.9. The van der Waals surface area contributed by atoms with Gasteiger partial charge in [0.1, 0.15) is 5.82 Å². The predicted octanol–water partition coefficient (Wildman–Crippen LogP) is 2.76. The topological polar surface area (TPSA) is 26.0 Å². The Morgan fingerprint density at radius 3 is 2.77 bits per heavy atom. The van der Waals surface area contributed by atoms with E-state index in [1.54, 1.807) is 6.07 Å². The maximum absolute atomic E-state index is 12.6. The standard InChI is InChI=1S/C10H13ClFN/c1-7(13)2-3-8-4-5-9(12)6-10(8)11/h4-7H,2-3,13H2,1H3/t7-/m1/s1. The minimum atomic E-state index is -0.297. The number of halogens is 2. The molecule has 0 spiro atoms. The third-order valence-electron chi connectivity index (χ3n) is 1.88. The summed E-state index contributed by atoms with van der Waals surface area (Å²) in [5.74, 6) is -0.297. The lowest BCUT2D eigenvalue weighted by Crippen LogP contribution is -2.15. The maximum atomic E-state index is 12.6. The van der Waals surface area contributed by atoms with Crippen LogP contribution >= 0.6 is 11.6 Å². The smallest absolute Gasteiger partial charge is 0.124 e. The van der Waals surface area contributed by atoms with Crippen LogP contribution in [0.1, 0.15) is 18.9 Å². The van der Waals surface area contributed by atoms with Crippen molar-refractivity contribution in [3.8, 4) is 0 Å². The highest BCUT2D eigenvalue weighted by molar-refractivity contribution is 6.31. The molecule has 1 aromatic rings. The number of hydrogen-bond acceptors (Lipinski definition) is 1. The summed E-state index contributed by atoms with van der Waals surface area (Å²) in [6, 6.07) is 4.61. The van der Waals surface area contributed by atoms with Crippen molar-refractivity contribution in [3.05, 3.63) is 34.6 Å². The minimum absolute atomic E-state index is 0.154. The molecule has 13 heavy (non-hydrogen) atoms. The highest BCUT2D eigenvalue weighted by atomic mass is 35.5. The van der Waals surface area contributed by atoms with Gasteiger partial charge in [-0.1, -0.05) is 17.7 Å². The maximum Gasteiger partial charge on any atom is 0.124 e. The summed E-state index contributed by atoms with van der Waals surface area (Å²) in [5.41, 5.74) is 6.56. The highest BCUT2D eigenvalue weighted by Gasteiger charge is 2.02. The van der Waals surface area contributed by atoms with E-state index >= 15 is 0 Å². The molecule has 1 atom stereocenters. The van der Waals surface area contributed by atoms with Gasteiger partial charge in [0.05, 0.1) is 0 Å². The zero-order valence-corrected chi connectivity index (χ0v) is 8.31. The van der Waals surface area contributed by atoms with Gasteiger partial charge in [-0.25, -0.2) is 4.39 Å². The van der Waals surface area contributed by atoms with Crippen molar-refractivity contribution < 1.29 is 4.39 Å². The zero-order valence-electron chi connectivity index (χ0n) is 7.56. The van der Waals surface area contributed by atoms with E-state index in [0.717, 1.165) is 18.4 Å². The molecule has 0 aliphatic carbocycles. The second-order valence-electron chi connectivity index (χ2n) is 3.25. The molecule has 0 bridgehead atoms. The fourth-order valence-corrected chi connectivity index (χ4v) is 1.37. The second kappa shape index (κ2) is 4.58. The fourth-order valence-electron chi connectivity index (χ4n) is 1.11. The second-order valence-corrected chi connectivity index (χ2v) is 3.66. The van der Waals surface area contributed by atoms with E-state index in [-0.39, 0.29) is 11.9 Å². The number of benzene rings is 1. The molecular weight excluding hydrogens is 189 g/mol. The van der Waals surface area contributed by atoms with Gasteiger partial charge in [0, 0.05) is 11.1 Å². The molecule has 1 rings (SSSR count). The van der Waals surface area contributed by atoms with E-state index < -0.39 is 0 Å². The largest absolute Gasteiger partial charge is 0.328 e. The molecule has 0 aliphatic rings. The van der Waals surface area contributed by atoms with Crippen molar-refractivity contribution in [2.75, 3.05) is 0 Å². The lowest BCUT2D eigenvalue weighted by molar-refractivity contribution is 0.625. The van der Waals surface area contributed by atoms with Crippen LogP contribution in [-0.2, 0) is 6.42 Å². The summed E-state index contributed by atoms with van der Waals surface area (Å²) >= 11 is 5.83. The monoisotopic (exact) mass is 201 g/mol. The van der Waals surface area contributed by atoms with Gasteiger partial charge in [-0.15, -0.1) is 0 Å². The minimum Gasteiger partial charge on any atom is -0.328 e. The van der Waals surface area contributed by atoms with Crippen LogP contribution in [0.5, 0.6) is 0 Å². The molecule has 2 N–H and O–H groups in total. The van der Waals surface area contributed by atoms with Gasteiger partial charge in [0.15, 0.2) is 0 Å². The van der Waals surface area contributed by atoms with Crippen molar-refractivity contribution in [2.45, 2.75) is 25.8 Å². The van der Waals surface area contributed by atoms with Crippen LogP contribution in [0.4, 0.5) is 4.39 Å². The Morgan fingerprint density at radius 2 is 2.23 bits per heavy atom. The van der Waals surface area contributed by atoms with Crippen molar-refractivity contribution >= 4 is 11.6 Å². The van der Waals surface area contributed by atoms with Crippen molar-refractivity contribution in [1.29, 1.82) is 0 Å². The van der Waals surface area contributed by atoms with Crippen molar-refractivity contribution in [2.24, 2.45) is 5.73 Å². The number of nitrogens with two attached hydrogens (primary N) is 1. The van der Waals surface area contributed by atoms with Crippen LogP contribution < -0.4 is 5.73 Å². The molecule has 0 amide bonds. The number of hydrogen-bond donors (Lipinski definition) is 1. The third-order valence-corrected chi connectivity index (χ3v) is 2.24. The first-order chi connectivity index (χ1) is 6.09. The summed E-state index contributed by atoms with van der Waals surface area (Å²) in [5, 5.41) is 0.487. The van der Waals surface area contributed by atoms with Crippen LogP contribution in [0.2, 0.25) is 5.02 Å². The molecule has 1 aromatic carbocycles. The van der Waals surface area contributed by atoms with E-state index in [0.29, 0.717) is 5.02 Å². The SMILES string of the molecule is C[C@@H](N)CCc1ccc(F)cc1Cl. The first-order valence-electron chi connectivity index (χ1n) is 4.29. The van der Waals surface area contributed by atoms with Gasteiger partial charge in [-0.3, -0.25) is 0 Å². The summed E-state index contributed by atoms with van der Waals surface area (Å²) in [6.45, 7) is 1.94. The fraction of sp³-hybridized carbons (Fsp3) is 0.400. The Bertz CT molecular complexity index is 286. The lowest BCUT2D eigenvalue weighted by atomic mass is 10.1. The first-order valence-corrected chi connectivity index (χ1v) is 4.67. The molecule has 1 nitrogen and oxygen atoms in total. The van der Waals surface area contributed by atoms with E-state index in [1.165, 1.54) is 12.1 Å². The van der Waals surface area contributed by atoms with E-state index in [1.807, 2.05) is 6.92 Å². The van der Waals surface area contributed by atoms with Gasteiger partial charge in [-0.2, -0.15) is 0 Å². The van der Waals surface area contributed by atoms with Crippen LogP contribution in [0.15, 0.2) is 18.2 Å². The molecular formula is C10H13ClFN. The highest BCUT2D eigenvalue weighted by Crippen LogP contribution is 2.18. The van der Waals surface area contributed by atoms with Crippen molar-refractivity contribution in [3.63, 3.8) is 0 Å². The Kier molecular flexibility index (Phi) is 3.70. The Balaban J connectivity index is 2.67. The average Bonchev–Trinajstić information content (AvgIpc) is 2.02. The lowest BCUT2D eigenvalue weighted by Gasteiger charge is -2.06. The van der Waals surface area contributed by atoms with Crippen LogP contribution in [-0.4, -0.2) is 6.04 Å². The van der Waals surface area contributed by atoms with Crippen LogP contribution in [0.25, 0.3) is 0 Å². The Morgan fingerprint density at radius 1 is 1.54 bits per heavy atom. The summed E-state index contributed by atoms with van der Waals surface area (Å²) in [4.78, 5) is 0. The summed E-state index contributed by atoms with van der Waals surface area (Å²) in [7, 11) is 0. The molecule has 0 saturated carbocycles. The molecule has 0 fully saturated rings. The predicted molar refractivity (Wildman–Crippen MR) is 53.4 cm³/mol. The van der Waals surface area contributed by atoms with Crippen LogP contribution in [0, 0.1) is 5.82 Å². The summed E-state index contributed by atoms with van der Waals surface area (Å²) in [6.07, 6.45) is 1.67. The molecule has 72 valence electrons. The third kappa shape index (κ3) is 3.33. The molecule has 0 heterocycles. The molecule has 0 unspecified atom stereocenters. The van der Waals surface area contributed by atoms with Gasteiger partial charge >= 0.3 is 0 Å². The molecule has 0 radical (unpaired) electrons. The van der Waals surface area contributed by atoms with E-state index in [2.05, 4.69) is 0 Å². The van der Waals surface area contributed by atoms with Crippen molar-refractivity contribution in [1.82, 2.24) is 0 Å². The van der Waals surface area contributed by atoms with Crippen LogP contribution in [0.3, 0.4) is 0 Å². The van der Waals surface area contributed by atoms with E-state index in [4.69, 9.17) is 17.3 Å². The number of aryl methyl sites for hydroxylation is 1. The molecule has 0 aromatic heterocycles. The first kappa shape index (κ1) is 10.5. The quantitative estimate of drug-likeness (QED) is 0.800. The molecule has 0 saturated heterocycles. The summed E-state index contributed by atoms with van der Waals surface area (Å²) < 4.78 is 12.6. The zero-order chi connectivity index (χ0) is 9.84. The molecule has 0 aliphatic heterocycles. The number of rotatable bonds is 3. The Hall–Kier alpha value is -0.600.